The molecule has 0 aromatic heterocycles. The van der Waals surface area contributed by atoms with Gasteiger partial charge in [0, 0.05) is 0 Å². The number of imide groups is 1. The van der Waals surface area contributed by atoms with Crippen molar-refractivity contribution in [3.05, 3.63) is 23.8 Å². The first-order chi connectivity index (χ1) is 8.87. The lowest BCUT2D eigenvalue weighted by atomic mass is 9.96. The number of nitrogens with one attached hydrogen (secondary N) is 1. The largest absolute Gasteiger partial charge is 0.396 e. The van der Waals surface area contributed by atoms with Crippen molar-refractivity contribution in [3.8, 4) is 6.07 Å². The van der Waals surface area contributed by atoms with Crippen LogP contribution in [0.3, 0.4) is 0 Å². The number of hydrogen-bond acceptors (Lipinski definition) is 5. The molecule has 1 aromatic rings. The van der Waals surface area contributed by atoms with Crippen LogP contribution < -0.4 is 16.0 Å². The van der Waals surface area contributed by atoms with Gasteiger partial charge in [-0.25, -0.2) is 0 Å². The maximum atomic E-state index is 11.9. The Hall–Kier alpha value is -2.55. The van der Waals surface area contributed by atoms with E-state index in [-0.39, 0.29) is 24.0 Å². The minimum Gasteiger partial charge on any atom is -0.396 e. The zero-order valence-corrected chi connectivity index (χ0v) is 10.7. The number of nitriles is 1. The fourth-order valence-electron chi connectivity index (χ4n) is 2.06. The Labute approximate surface area is 110 Å². The summed E-state index contributed by atoms with van der Waals surface area (Å²) in [4.78, 5) is 25.0. The first kappa shape index (κ1) is 12.9. The number of nitrogen functional groups attached to an aromatic ring is 1. The maximum absolute atomic E-state index is 11.9. The highest BCUT2D eigenvalue weighted by atomic mass is 16.2. The summed E-state index contributed by atoms with van der Waals surface area (Å²) in [6.07, 6.45) is 0. The summed E-state index contributed by atoms with van der Waals surface area (Å²) >= 11 is 0. The molecule has 6 nitrogen and oxygen atoms in total. The van der Waals surface area contributed by atoms with Crippen LogP contribution in [0.2, 0.25) is 0 Å². The van der Waals surface area contributed by atoms with Crippen LogP contribution in [-0.2, 0) is 9.59 Å². The molecule has 1 fully saturated rings. The molecule has 1 aliphatic heterocycles. The van der Waals surface area contributed by atoms with Crippen LogP contribution in [0.25, 0.3) is 0 Å². The first-order valence-electron chi connectivity index (χ1n) is 5.78. The lowest BCUT2D eigenvalue weighted by molar-refractivity contribution is -0.135. The minimum atomic E-state index is -0.907. The van der Waals surface area contributed by atoms with Crippen molar-refractivity contribution >= 4 is 23.2 Å². The Morgan fingerprint density at radius 3 is 2.74 bits per heavy atom. The summed E-state index contributed by atoms with van der Waals surface area (Å²) in [6, 6.07) is 6.96. The number of piperazine rings is 1. The molecule has 0 radical (unpaired) electrons. The van der Waals surface area contributed by atoms with Crippen LogP contribution >= 0.6 is 0 Å². The summed E-state index contributed by atoms with van der Waals surface area (Å²) in [7, 11) is 0. The Bertz CT molecular complexity index is 601. The van der Waals surface area contributed by atoms with E-state index >= 15 is 0 Å². The molecule has 1 aliphatic rings. The third-order valence-electron chi connectivity index (χ3n) is 3.28. The van der Waals surface area contributed by atoms with Gasteiger partial charge in [0.05, 0.1) is 23.5 Å². The molecular formula is C13H14N4O2. The molecule has 0 saturated carbocycles. The summed E-state index contributed by atoms with van der Waals surface area (Å²) in [5, 5.41) is 11.3. The number of hydrogen-bond donors (Lipinski definition) is 2. The van der Waals surface area contributed by atoms with E-state index in [2.05, 4.69) is 5.32 Å². The molecule has 1 aromatic carbocycles. The number of rotatable bonds is 1. The standard InChI is InChI=1S/C13H14N4O2/c1-13(2)12(19)16-10(18)7-17(13)9-5-3-4-8(6-14)11(9)15/h3-5H,7,15H2,1-2H3,(H,16,18,19). The van der Waals surface area contributed by atoms with Crippen molar-refractivity contribution in [1.82, 2.24) is 5.32 Å². The second-order valence-corrected chi connectivity index (χ2v) is 4.87. The number of amides is 2. The third-order valence-corrected chi connectivity index (χ3v) is 3.28. The Morgan fingerprint density at radius 2 is 2.11 bits per heavy atom. The highest BCUT2D eigenvalue weighted by Crippen LogP contribution is 2.32. The van der Waals surface area contributed by atoms with E-state index in [1.54, 1.807) is 36.9 Å². The van der Waals surface area contributed by atoms with E-state index in [0.29, 0.717) is 11.3 Å². The summed E-state index contributed by atoms with van der Waals surface area (Å²) in [6.45, 7) is 3.43. The molecule has 0 aliphatic carbocycles. The smallest absolute Gasteiger partial charge is 0.251 e. The maximum Gasteiger partial charge on any atom is 0.251 e. The molecule has 2 rings (SSSR count). The van der Waals surface area contributed by atoms with E-state index in [1.807, 2.05) is 6.07 Å². The fraction of sp³-hybridized carbons (Fsp3) is 0.308. The zero-order valence-electron chi connectivity index (χ0n) is 10.7. The Balaban J connectivity index is 2.54. The van der Waals surface area contributed by atoms with Gasteiger partial charge >= 0.3 is 0 Å². The van der Waals surface area contributed by atoms with Gasteiger partial charge in [-0.15, -0.1) is 0 Å². The van der Waals surface area contributed by atoms with Crippen molar-refractivity contribution in [3.63, 3.8) is 0 Å². The summed E-state index contributed by atoms with van der Waals surface area (Å²) in [5.41, 5.74) is 6.15. The normalized spacial score (nSPS) is 17.8. The number of benzene rings is 1. The predicted molar refractivity (Wildman–Crippen MR) is 70.1 cm³/mol. The quantitative estimate of drug-likeness (QED) is 0.560. The number of nitrogens with two attached hydrogens (primary N) is 1. The van der Waals surface area contributed by atoms with Crippen LogP contribution in [0, 0.1) is 11.3 Å². The second-order valence-electron chi connectivity index (χ2n) is 4.87. The molecule has 0 spiro atoms. The minimum absolute atomic E-state index is 0.0256. The molecule has 3 N–H and O–H groups in total. The molecular weight excluding hydrogens is 244 g/mol. The van der Waals surface area contributed by atoms with Crippen LogP contribution in [-0.4, -0.2) is 23.9 Å². The van der Waals surface area contributed by atoms with Gasteiger partial charge in [-0.1, -0.05) is 6.07 Å². The molecule has 19 heavy (non-hydrogen) atoms. The van der Waals surface area contributed by atoms with Gasteiger partial charge in [-0.3, -0.25) is 14.9 Å². The van der Waals surface area contributed by atoms with Crippen molar-refractivity contribution in [2.24, 2.45) is 0 Å². The average molecular weight is 258 g/mol. The van der Waals surface area contributed by atoms with Gasteiger partial charge in [0.15, 0.2) is 0 Å². The fourth-order valence-corrected chi connectivity index (χ4v) is 2.06. The van der Waals surface area contributed by atoms with Crippen molar-refractivity contribution < 1.29 is 9.59 Å². The van der Waals surface area contributed by atoms with E-state index in [0.717, 1.165) is 0 Å². The highest BCUT2D eigenvalue weighted by Gasteiger charge is 2.41. The molecule has 1 saturated heterocycles. The topological polar surface area (TPSA) is 99.2 Å². The molecule has 2 amide bonds. The van der Waals surface area contributed by atoms with Crippen molar-refractivity contribution in [2.75, 3.05) is 17.2 Å². The first-order valence-corrected chi connectivity index (χ1v) is 5.78. The molecule has 6 heteroatoms. The van der Waals surface area contributed by atoms with E-state index in [9.17, 15) is 9.59 Å². The van der Waals surface area contributed by atoms with Crippen molar-refractivity contribution in [1.29, 1.82) is 5.26 Å². The van der Waals surface area contributed by atoms with Crippen LogP contribution in [0.5, 0.6) is 0 Å². The van der Waals surface area contributed by atoms with Gasteiger partial charge in [0.25, 0.3) is 5.91 Å². The van der Waals surface area contributed by atoms with Gasteiger partial charge in [-0.05, 0) is 26.0 Å². The zero-order chi connectivity index (χ0) is 14.2. The number of nitrogens with zero attached hydrogens (tertiary/aromatic N) is 2. The highest BCUT2D eigenvalue weighted by molar-refractivity contribution is 6.07. The van der Waals surface area contributed by atoms with E-state index < -0.39 is 5.54 Å². The van der Waals surface area contributed by atoms with E-state index in [4.69, 9.17) is 11.0 Å². The number of para-hydroxylation sites is 1. The monoisotopic (exact) mass is 258 g/mol. The summed E-state index contributed by atoms with van der Waals surface area (Å²) < 4.78 is 0. The lowest BCUT2D eigenvalue weighted by Crippen LogP contribution is -2.64. The molecule has 0 bridgehead atoms. The third kappa shape index (κ3) is 1.99. The van der Waals surface area contributed by atoms with Gasteiger partial charge in [0.1, 0.15) is 11.6 Å². The van der Waals surface area contributed by atoms with Crippen LogP contribution in [0.4, 0.5) is 11.4 Å². The number of anilines is 2. The van der Waals surface area contributed by atoms with Gasteiger partial charge in [-0.2, -0.15) is 5.26 Å². The van der Waals surface area contributed by atoms with Crippen molar-refractivity contribution in [2.45, 2.75) is 19.4 Å². The Morgan fingerprint density at radius 1 is 1.42 bits per heavy atom. The molecule has 1 heterocycles. The number of carbonyl (C=O) groups is 2. The number of carbonyl (C=O) groups excluding carboxylic acids is 2. The molecule has 0 atom stereocenters. The van der Waals surface area contributed by atoms with Crippen LogP contribution in [0.1, 0.15) is 19.4 Å². The van der Waals surface area contributed by atoms with Gasteiger partial charge in [0.2, 0.25) is 5.91 Å². The molecule has 98 valence electrons. The van der Waals surface area contributed by atoms with Gasteiger partial charge < -0.3 is 10.6 Å². The summed E-state index contributed by atoms with van der Waals surface area (Å²) in [5.74, 6) is -0.767. The van der Waals surface area contributed by atoms with Crippen LogP contribution in [0.15, 0.2) is 18.2 Å². The second kappa shape index (κ2) is 4.28. The Kier molecular flexibility index (Phi) is 2.91. The average Bonchev–Trinajstić information content (AvgIpc) is 2.35. The predicted octanol–water partition coefficient (Wildman–Crippen LogP) is 0.382. The van der Waals surface area contributed by atoms with E-state index in [1.165, 1.54) is 0 Å². The SMILES string of the molecule is CC1(C)C(=O)NC(=O)CN1c1cccc(C#N)c1N. The lowest BCUT2D eigenvalue weighted by Gasteiger charge is -2.42. The molecule has 0 unspecified atom stereocenters.